The summed E-state index contributed by atoms with van der Waals surface area (Å²) in [5, 5.41) is -1.16. The molecule has 0 aromatic carbocycles. The van der Waals surface area contributed by atoms with Gasteiger partial charge in [-0.2, -0.15) is 0 Å². The van der Waals surface area contributed by atoms with Gasteiger partial charge >= 0.3 is 23.5 Å². The first-order chi connectivity index (χ1) is 6.79. The SMILES string of the molecule is O=P(O)(O)ON(OP(=O)(O)O)OP(=O)(O)O.[Fe]. The molecular weight excluding hydrogens is 355 g/mol. The van der Waals surface area contributed by atoms with Crippen molar-refractivity contribution < 1.29 is 74.0 Å². The van der Waals surface area contributed by atoms with Crippen LogP contribution in [-0.4, -0.2) is 34.8 Å². The number of hydrogen-bond acceptors (Lipinski definition) is 7. The van der Waals surface area contributed by atoms with Gasteiger partial charge in [0.2, 0.25) is 0 Å². The Kier molecular flexibility index (Phi) is 8.08. The largest absolute Gasteiger partial charge is 0.490 e. The fraction of sp³-hybridized carbons (Fsp3) is 0. The first kappa shape index (κ1) is 20.1. The topological polar surface area (TPSA) is 204 Å². The van der Waals surface area contributed by atoms with Crippen LogP contribution in [0.3, 0.4) is 0 Å². The monoisotopic (exact) mass is 361 g/mol. The molecule has 0 rings (SSSR count). The molecule has 0 heterocycles. The molecule has 17 heavy (non-hydrogen) atoms. The molecule has 0 aliphatic rings. The molecule has 0 aromatic rings. The summed E-state index contributed by atoms with van der Waals surface area (Å²) in [6, 6.07) is 0. The summed E-state index contributed by atoms with van der Waals surface area (Å²) < 4.78 is 40.3. The van der Waals surface area contributed by atoms with Crippen molar-refractivity contribution >= 4 is 23.5 Å². The van der Waals surface area contributed by atoms with Gasteiger partial charge in [-0.3, -0.25) is 0 Å². The van der Waals surface area contributed by atoms with E-state index in [1.165, 1.54) is 0 Å². The zero-order chi connectivity index (χ0) is 13.2. The van der Waals surface area contributed by atoms with E-state index in [2.05, 4.69) is 13.9 Å². The smallest absolute Gasteiger partial charge is 0.302 e. The Hall–Kier alpha value is 0.809. The van der Waals surface area contributed by atoms with Crippen molar-refractivity contribution in [2.75, 3.05) is 0 Å². The fourth-order valence-corrected chi connectivity index (χ4v) is 1.18. The Labute approximate surface area is 103 Å². The predicted molar refractivity (Wildman–Crippen MR) is 41.2 cm³/mol. The van der Waals surface area contributed by atoms with Crippen molar-refractivity contribution in [3.05, 3.63) is 0 Å². The Morgan fingerprint density at radius 3 is 0.941 bits per heavy atom. The molecule has 106 valence electrons. The van der Waals surface area contributed by atoms with Crippen LogP contribution in [0, 0.1) is 0 Å². The predicted octanol–water partition coefficient (Wildman–Crippen LogP) is -1.64. The van der Waals surface area contributed by atoms with E-state index in [1.807, 2.05) is 0 Å². The van der Waals surface area contributed by atoms with E-state index in [0.29, 0.717) is 0 Å². The molecule has 0 saturated heterocycles. The summed E-state index contributed by atoms with van der Waals surface area (Å²) in [6.07, 6.45) is 0. The van der Waals surface area contributed by atoms with Crippen LogP contribution in [0.15, 0.2) is 0 Å². The Balaban J connectivity index is 0. The van der Waals surface area contributed by atoms with Crippen molar-refractivity contribution in [3.63, 3.8) is 0 Å². The number of phosphoric acid groups is 3. The van der Waals surface area contributed by atoms with E-state index < -0.39 is 28.9 Å². The third kappa shape index (κ3) is 14.8. The molecule has 0 radical (unpaired) electrons. The summed E-state index contributed by atoms with van der Waals surface area (Å²) in [5.41, 5.74) is 0. The van der Waals surface area contributed by atoms with Crippen LogP contribution in [0.5, 0.6) is 0 Å². The van der Waals surface area contributed by atoms with Gasteiger partial charge in [-0.1, -0.05) is 0 Å². The standard InChI is InChI=1S/Fe.H6NO12P3/c;2-14(3,4)11-1(12-15(5,6)7)13-16(8,9)10/h;(H2,2,3,4)(H2,5,6,7)(H2,8,9,10). The molecule has 0 aliphatic heterocycles. The third-order valence-corrected chi connectivity index (χ3v) is 1.56. The molecular formula is H6FeNO12P3. The summed E-state index contributed by atoms with van der Waals surface area (Å²) in [7, 11) is -16.2. The first-order valence-electron chi connectivity index (χ1n) is 2.84. The average Bonchev–Trinajstić information content (AvgIpc) is 1.70. The van der Waals surface area contributed by atoms with Crippen LogP contribution < -0.4 is 0 Å². The zero-order valence-electron chi connectivity index (χ0n) is 7.28. The molecule has 0 amide bonds. The van der Waals surface area contributed by atoms with Crippen LogP contribution in [0.4, 0.5) is 0 Å². The molecule has 0 unspecified atom stereocenters. The molecule has 0 fully saturated rings. The van der Waals surface area contributed by atoms with Gasteiger partial charge in [0.15, 0.2) is 0 Å². The van der Waals surface area contributed by atoms with Gasteiger partial charge in [0.1, 0.15) is 5.39 Å². The van der Waals surface area contributed by atoms with Gasteiger partial charge in [-0.25, -0.2) is 13.7 Å². The van der Waals surface area contributed by atoms with Crippen molar-refractivity contribution in [3.8, 4) is 0 Å². The van der Waals surface area contributed by atoms with Crippen LogP contribution in [0.25, 0.3) is 0 Å². The molecule has 0 spiro atoms. The minimum Gasteiger partial charge on any atom is -0.302 e. The molecule has 0 atom stereocenters. The third-order valence-electron chi connectivity index (χ3n) is 0.519. The average molecular weight is 361 g/mol. The Morgan fingerprint density at radius 2 is 0.824 bits per heavy atom. The number of hydrogen-bond donors (Lipinski definition) is 6. The maximum absolute atomic E-state index is 10.2. The van der Waals surface area contributed by atoms with Crippen LogP contribution in [0.1, 0.15) is 0 Å². The van der Waals surface area contributed by atoms with Gasteiger partial charge in [0, 0.05) is 17.1 Å². The van der Waals surface area contributed by atoms with Crippen LogP contribution >= 0.6 is 23.5 Å². The van der Waals surface area contributed by atoms with E-state index in [9.17, 15) is 13.7 Å². The quantitative estimate of drug-likeness (QED) is 0.179. The molecule has 6 N–H and O–H groups in total. The van der Waals surface area contributed by atoms with Crippen molar-refractivity contribution in [1.82, 2.24) is 5.39 Å². The van der Waals surface area contributed by atoms with Crippen molar-refractivity contribution in [2.24, 2.45) is 0 Å². The second-order valence-electron chi connectivity index (χ2n) is 1.94. The molecule has 0 aromatic heterocycles. The molecule has 17 heteroatoms. The number of nitrogens with zero attached hydrogens (tertiary/aromatic N) is 1. The molecule has 0 saturated carbocycles. The second kappa shape index (κ2) is 6.83. The second-order valence-corrected chi connectivity index (χ2v) is 5.37. The van der Waals surface area contributed by atoms with Gasteiger partial charge in [-0.05, 0) is 0 Å². The Morgan fingerprint density at radius 1 is 0.647 bits per heavy atom. The van der Waals surface area contributed by atoms with E-state index in [0.717, 1.165) is 0 Å². The van der Waals surface area contributed by atoms with Crippen molar-refractivity contribution in [1.29, 1.82) is 0 Å². The maximum Gasteiger partial charge on any atom is 0.490 e. The Bertz CT molecular complexity index is 301. The van der Waals surface area contributed by atoms with E-state index in [1.54, 1.807) is 0 Å². The van der Waals surface area contributed by atoms with E-state index in [-0.39, 0.29) is 17.1 Å². The van der Waals surface area contributed by atoms with Gasteiger partial charge in [0.25, 0.3) is 0 Å². The molecule has 0 aliphatic carbocycles. The van der Waals surface area contributed by atoms with E-state index in [4.69, 9.17) is 29.4 Å². The van der Waals surface area contributed by atoms with Gasteiger partial charge < -0.3 is 29.4 Å². The van der Waals surface area contributed by atoms with Crippen molar-refractivity contribution in [2.45, 2.75) is 0 Å². The summed E-state index contributed by atoms with van der Waals surface area (Å²) in [5.74, 6) is 0. The normalized spacial score (nSPS) is 13.6. The maximum atomic E-state index is 10.2. The fourth-order valence-electron chi connectivity index (χ4n) is 0.305. The minimum atomic E-state index is -5.40. The summed E-state index contributed by atoms with van der Waals surface area (Å²) in [4.78, 5) is 49.0. The minimum absolute atomic E-state index is 0. The molecule has 0 bridgehead atoms. The zero-order valence-corrected chi connectivity index (χ0v) is 11.1. The first-order valence-corrected chi connectivity index (χ1v) is 7.43. The summed E-state index contributed by atoms with van der Waals surface area (Å²) >= 11 is 0. The van der Waals surface area contributed by atoms with Gasteiger partial charge in [0.05, 0.1) is 0 Å². The van der Waals surface area contributed by atoms with E-state index >= 15 is 0 Å². The molecule has 13 nitrogen and oxygen atoms in total. The van der Waals surface area contributed by atoms with Crippen LogP contribution in [0.2, 0.25) is 0 Å². The number of rotatable bonds is 6. The summed E-state index contributed by atoms with van der Waals surface area (Å²) in [6.45, 7) is 0. The van der Waals surface area contributed by atoms with Gasteiger partial charge in [-0.15, -0.1) is 13.9 Å². The van der Waals surface area contributed by atoms with Crippen LogP contribution in [-0.2, 0) is 44.6 Å².